The van der Waals surface area contributed by atoms with Gasteiger partial charge in [-0.2, -0.15) is 21.6 Å². The molecule has 0 bridgehead atoms. The Balaban J connectivity index is 2.21. The van der Waals surface area contributed by atoms with E-state index in [-0.39, 0.29) is 21.2 Å². The number of nitrogens with zero attached hydrogens (tertiary/aromatic N) is 1. The van der Waals surface area contributed by atoms with E-state index in [0.29, 0.717) is 6.07 Å². The Morgan fingerprint density at radius 1 is 1.23 bits per heavy atom. The van der Waals surface area contributed by atoms with Gasteiger partial charge >= 0.3 is 6.18 Å². The van der Waals surface area contributed by atoms with Crippen molar-refractivity contribution in [3.05, 3.63) is 45.2 Å². The van der Waals surface area contributed by atoms with Crippen LogP contribution in [0.3, 0.4) is 0 Å². The van der Waals surface area contributed by atoms with Crippen LogP contribution in [0.2, 0.25) is 5.02 Å². The van der Waals surface area contributed by atoms with Gasteiger partial charge in [0.25, 0.3) is 15.9 Å². The lowest BCUT2D eigenvalue weighted by molar-refractivity contribution is -0.134. The first-order chi connectivity index (χ1) is 10.1. The van der Waals surface area contributed by atoms with Crippen LogP contribution in [0.4, 0.5) is 13.2 Å². The van der Waals surface area contributed by atoms with Crippen LogP contribution in [0.5, 0.6) is 0 Å². The smallest absolute Gasteiger partial charge is 0.267 e. The number of alkyl halides is 3. The van der Waals surface area contributed by atoms with Crippen molar-refractivity contribution in [3.8, 4) is 0 Å². The minimum atomic E-state index is -4.60. The molecule has 0 spiro atoms. The number of thiophene rings is 1. The molecule has 0 aliphatic rings. The molecule has 1 amide bonds. The number of pyridine rings is 1. The van der Waals surface area contributed by atoms with Crippen LogP contribution in [0.15, 0.2) is 35.5 Å². The Labute approximate surface area is 131 Å². The van der Waals surface area contributed by atoms with Gasteiger partial charge in [0.1, 0.15) is 4.88 Å². The highest BCUT2D eigenvalue weighted by Gasteiger charge is 2.33. The number of rotatable bonds is 3. The molecule has 0 aliphatic carbocycles. The number of nitrogens with one attached hydrogen (secondary N) is 1. The van der Waals surface area contributed by atoms with Crippen LogP contribution in [0.25, 0.3) is 0 Å². The third-order valence-corrected chi connectivity index (χ3v) is 4.91. The zero-order chi connectivity index (χ0) is 16.5. The maximum atomic E-state index is 12.4. The summed E-state index contributed by atoms with van der Waals surface area (Å²) in [4.78, 5) is 13.9. The molecule has 1 N–H and O–H groups in total. The van der Waals surface area contributed by atoms with Gasteiger partial charge in [0.15, 0.2) is 5.03 Å². The third kappa shape index (κ3) is 3.76. The van der Waals surface area contributed by atoms with Crippen LogP contribution in [0, 0.1) is 0 Å². The fourth-order valence-electron chi connectivity index (χ4n) is 1.36. The molecule has 0 unspecified atom stereocenters. The molecule has 5 nitrogen and oxygen atoms in total. The van der Waals surface area contributed by atoms with Gasteiger partial charge in [0, 0.05) is 6.20 Å². The zero-order valence-electron chi connectivity index (χ0n) is 10.4. The quantitative estimate of drug-likeness (QED) is 0.901. The molecule has 11 heteroatoms. The van der Waals surface area contributed by atoms with E-state index >= 15 is 0 Å². The van der Waals surface area contributed by atoms with Crippen LogP contribution >= 0.6 is 22.9 Å². The van der Waals surface area contributed by atoms with E-state index < -0.39 is 32.0 Å². The molecule has 118 valence electrons. The molecule has 0 atom stereocenters. The zero-order valence-corrected chi connectivity index (χ0v) is 12.8. The van der Waals surface area contributed by atoms with Crippen molar-refractivity contribution in [1.82, 2.24) is 9.71 Å². The predicted octanol–water partition coefficient (Wildman–Crippen LogP) is 2.93. The lowest BCUT2D eigenvalue weighted by Gasteiger charge is -2.05. The third-order valence-electron chi connectivity index (χ3n) is 2.31. The Hall–Kier alpha value is -1.65. The van der Waals surface area contributed by atoms with Crippen LogP contribution in [-0.2, 0) is 16.2 Å². The second-order valence-electron chi connectivity index (χ2n) is 3.91. The summed E-state index contributed by atoms with van der Waals surface area (Å²) in [6, 6.07) is 3.91. The number of hydrogen-bond acceptors (Lipinski definition) is 5. The molecule has 0 fully saturated rings. The first kappa shape index (κ1) is 16.7. The van der Waals surface area contributed by atoms with Crippen molar-refractivity contribution in [3.63, 3.8) is 0 Å². The van der Waals surface area contributed by atoms with Crippen molar-refractivity contribution >= 4 is 38.9 Å². The maximum absolute atomic E-state index is 12.4. The van der Waals surface area contributed by atoms with Crippen LogP contribution in [-0.4, -0.2) is 19.3 Å². The van der Waals surface area contributed by atoms with Crippen molar-refractivity contribution < 1.29 is 26.4 Å². The van der Waals surface area contributed by atoms with Crippen molar-refractivity contribution in [2.24, 2.45) is 0 Å². The van der Waals surface area contributed by atoms with Gasteiger partial charge in [-0.1, -0.05) is 11.6 Å². The number of halogens is 4. The molecular weight excluding hydrogens is 365 g/mol. The van der Waals surface area contributed by atoms with E-state index in [4.69, 9.17) is 11.6 Å². The summed E-state index contributed by atoms with van der Waals surface area (Å²) in [5.41, 5.74) is 0. The van der Waals surface area contributed by atoms with E-state index in [1.807, 2.05) is 0 Å². The highest BCUT2D eigenvalue weighted by atomic mass is 35.5. The van der Waals surface area contributed by atoms with Gasteiger partial charge in [0.05, 0.1) is 9.90 Å². The molecule has 0 radical (unpaired) electrons. The first-order valence-corrected chi connectivity index (χ1v) is 8.13. The molecule has 2 rings (SSSR count). The second kappa shape index (κ2) is 5.86. The fraction of sp³-hybridized carbons (Fsp3) is 0.0909. The van der Waals surface area contributed by atoms with Crippen molar-refractivity contribution in [2.45, 2.75) is 11.2 Å². The number of amides is 1. The van der Waals surface area contributed by atoms with Crippen LogP contribution in [0.1, 0.15) is 14.5 Å². The highest BCUT2D eigenvalue weighted by Crippen LogP contribution is 2.34. The summed E-state index contributed by atoms with van der Waals surface area (Å²) in [5, 5.41) is -0.281. The molecule has 0 aromatic carbocycles. The Morgan fingerprint density at radius 2 is 1.91 bits per heavy atom. The summed E-state index contributed by atoms with van der Waals surface area (Å²) in [6.07, 6.45) is -3.53. The standard InChI is InChI=1S/C11H6ClF3N2O3S2/c12-6-1-4-9(16-5-6)22(19,20)17-10(18)7-2-3-8(21-7)11(13,14)15/h1-5H,(H,17,18). The van der Waals surface area contributed by atoms with Gasteiger partial charge in [-0.15, -0.1) is 11.3 Å². The van der Waals surface area contributed by atoms with Gasteiger partial charge < -0.3 is 0 Å². The Kier molecular flexibility index (Phi) is 4.45. The van der Waals surface area contributed by atoms with Gasteiger partial charge in [0.2, 0.25) is 0 Å². The molecule has 2 heterocycles. The number of carbonyl (C=O) groups is 1. The maximum Gasteiger partial charge on any atom is 0.425 e. The van der Waals surface area contributed by atoms with Gasteiger partial charge in [-0.3, -0.25) is 4.79 Å². The van der Waals surface area contributed by atoms with Gasteiger partial charge in [-0.05, 0) is 24.3 Å². The summed E-state index contributed by atoms with van der Waals surface area (Å²) in [6.45, 7) is 0. The van der Waals surface area contributed by atoms with E-state index in [2.05, 4.69) is 4.98 Å². The Bertz CT molecular complexity index is 801. The molecular formula is C11H6ClF3N2O3S2. The SMILES string of the molecule is O=C(NS(=O)(=O)c1ccc(Cl)cn1)c1ccc(C(F)(F)F)s1. The lowest BCUT2D eigenvalue weighted by atomic mass is 10.4. The minimum Gasteiger partial charge on any atom is -0.267 e. The van der Waals surface area contributed by atoms with Crippen molar-refractivity contribution in [2.75, 3.05) is 0 Å². The van der Waals surface area contributed by atoms with Crippen molar-refractivity contribution in [1.29, 1.82) is 0 Å². The lowest BCUT2D eigenvalue weighted by Crippen LogP contribution is -2.30. The van der Waals surface area contributed by atoms with E-state index in [0.717, 1.165) is 18.3 Å². The van der Waals surface area contributed by atoms with E-state index in [1.165, 1.54) is 6.07 Å². The summed E-state index contributed by atoms with van der Waals surface area (Å²) < 4.78 is 62.7. The largest absolute Gasteiger partial charge is 0.425 e. The van der Waals surface area contributed by atoms with E-state index in [9.17, 15) is 26.4 Å². The predicted molar refractivity (Wildman–Crippen MR) is 73.2 cm³/mol. The first-order valence-electron chi connectivity index (χ1n) is 5.45. The number of carbonyl (C=O) groups excluding carboxylic acids is 1. The normalized spacial score (nSPS) is 12.2. The minimum absolute atomic E-state index is 0.143. The van der Waals surface area contributed by atoms with Gasteiger partial charge in [-0.25, -0.2) is 9.71 Å². The number of hydrogen-bond donors (Lipinski definition) is 1. The molecule has 0 saturated carbocycles. The Morgan fingerprint density at radius 3 is 2.41 bits per heavy atom. The fourth-order valence-corrected chi connectivity index (χ4v) is 3.20. The molecule has 0 saturated heterocycles. The summed E-state index contributed by atoms with van der Waals surface area (Å²) in [5.74, 6) is -1.17. The molecule has 0 aliphatic heterocycles. The molecule has 2 aromatic heterocycles. The van der Waals surface area contributed by atoms with Crippen LogP contribution < -0.4 is 4.72 Å². The topological polar surface area (TPSA) is 76.1 Å². The summed E-state index contributed by atoms with van der Waals surface area (Å²) >= 11 is 5.70. The summed E-state index contributed by atoms with van der Waals surface area (Å²) in [7, 11) is -4.29. The monoisotopic (exact) mass is 370 g/mol. The number of sulfonamides is 1. The molecule has 2 aromatic rings. The highest BCUT2D eigenvalue weighted by molar-refractivity contribution is 7.90. The number of aromatic nitrogens is 1. The molecule has 22 heavy (non-hydrogen) atoms. The second-order valence-corrected chi connectivity index (χ2v) is 7.06. The average molecular weight is 371 g/mol. The van der Waals surface area contributed by atoms with E-state index in [1.54, 1.807) is 4.72 Å². The average Bonchev–Trinajstić information content (AvgIpc) is 2.88.